The van der Waals surface area contributed by atoms with Gasteiger partial charge < -0.3 is 19.5 Å². The van der Waals surface area contributed by atoms with E-state index in [2.05, 4.69) is 5.32 Å². The van der Waals surface area contributed by atoms with Crippen LogP contribution in [0.5, 0.6) is 17.2 Å². The number of rotatable bonds is 7. The van der Waals surface area contributed by atoms with Crippen LogP contribution >= 0.6 is 0 Å². The third kappa shape index (κ3) is 4.76. The predicted octanol–water partition coefficient (Wildman–Crippen LogP) is 3.60. The zero-order valence-corrected chi connectivity index (χ0v) is 14.9. The molecule has 1 amide bonds. The molecule has 2 aromatic carbocycles. The van der Waals surface area contributed by atoms with E-state index in [1.54, 1.807) is 33.5 Å². The molecule has 0 fully saturated rings. The summed E-state index contributed by atoms with van der Waals surface area (Å²) >= 11 is 0. The van der Waals surface area contributed by atoms with E-state index in [9.17, 15) is 4.79 Å². The molecular weight excluding hydrogens is 318 g/mol. The molecule has 0 aromatic heterocycles. The van der Waals surface area contributed by atoms with Crippen molar-refractivity contribution in [2.24, 2.45) is 0 Å². The van der Waals surface area contributed by atoms with Crippen LogP contribution in [0.15, 0.2) is 48.5 Å². The number of benzene rings is 2. The zero-order chi connectivity index (χ0) is 18.2. The van der Waals surface area contributed by atoms with Gasteiger partial charge in [0.05, 0.1) is 27.4 Å². The number of carbonyl (C=O) groups excluding carboxylic acids is 1. The van der Waals surface area contributed by atoms with Gasteiger partial charge in [0.25, 0.3) is 0 Å². The largest absolute Gasteiger partial charge is 0.497 e. The van der Waals surface area contributed by atoms with E-state index in [0.717, 1.165) is 16.9 Å². The van der Waals surface area contributed by atoms with Crippen LogP contribution < -0.4 is 19.5 Å². The topological polar surface area (TPSA) is 56.8 Å². The molecular formula is C20H23NO4. The number of amides is 1. The lowest BCUT2D eigenvalue weighted by Crippen LogP contribution is -2.25. The van der Waals surface area contributed by atoms with Crippen molar-refractivity contribution in [2.75, 3.05) is 21.3 Å². The molecule has 132 valence electrons. The van der Waals surface area contributed by atoms with Gasteiger partial charge >= 0.3 is 0 Å². The first-order valence-corrected chi connectivity index (χ1v) is 7.92. The Morgan fingerprint density at radius 1 is 1.00 bits per heavy atom. The van der Waals surface area contributed by atoms with Gasteiger partial charge in [0.2, 0.25) is 5.91 Å². The zero-order valence-electron chi connectivity index (χ0n) is 14.9. The minimum Gasteiger partial charge on any atom is -0.497 e. The van der Waals surface area contributed by atoms with Crippen molar-refractivity contribution in [3.8, 4) is 17.2 Å². The van der Waals surface area contributed by atoms with Gasteiger partial charge in [0.1, 0.15) is 17.2 Å². The quantitative estimate of drug-likeness (QED) is 0.782. The Morgan fingerprint density at radius 3 is 2.40 bits per heavy atom. The summed E-state index contributed by atoms with van der Waals surface area (Å²) in [4.78, 5) is 12.2. The van der Waals surface area contributed by atoms with E-state index in [1.807, 2.05) is 43.3 Å². The van der Waals surface area contributed by atoms with Crippen LogP contribution in [0.25, 0.3) is 6.08 Å². The lowest BCUT2D eigenvalue weighted by atomic mass is 10.1. The highest BCUT2D eigenvalue weighted by Gasteiger charge is 2.14. The van der Waals surface area contributed by atoms with E-state index in [0.29, 0.717) is 11.5 Å². The molecule has 2 aromatic rings. The molecule has 0 radical (unpaired) electrons. The van der Waals surface area contributed by atoms with Crippen molar-refractivity contribution in [3.63, 3.8) is 0 Å². The van der Waals surface area contributed by atoms with Crippen LogP contribution in [-0.2, 0) is 4.79 Å². The summed E-state index contributed by atoms with van der Waals surface area (Å²) in [5, 5.41) is 2.93. The van der Waals surface area contributed by atoms with Gasteiger partial charge in [0, 0.05) is 23.3 Å². The van der Waals surface area contributed by atoms with Gasteiger partial charge in [-0.2, -0.15) is 0 Å². The molecule has 0 aliphatic carbocycles. The highest BCUT2D eigenvalue weighted by molar-refractivity contribution is 5.92. The smallest absolute Gasteiger partial charge is 0.244 e. The first kappa shape index (κ1) is 18.4. The summed E-state index contributed by atoms with van der Waals surface area (Å²) in [5.41, 5.74) is 1.72. The van der Waals surface area contributed by atoms with Crippen molar-refractivity contribution in [1.82, 2.24) is 5.32 Å². The Bertz CT molecular complexity index is 755. The molecule has 5 nitrogen and oxygen atoms in total. The fourth-order valence-electron chi connectivity index (χ4n) is 2.49. The molecule has 0 heterocycles. The molecule has 25 heavy (non-hydrogen) atoms. The summed E-state index contributed by atoms with van der Waals surface area (Å²) < 4.78 is 15.8. The summed E-state index contributed by atoms with van der Waals surface area (Å²) in [6, 6.07) is 12.8. The van der Waals surface area contributed by atoms with Crippen LogP contribution in [-0.4, -0.2) is 27.2 Å². The Hall–Kier alpha value is -2.95. The van der Waals surface area contributed by atoms with E-state index in [1.165, 1.54) is 6.08 Å². The predicted molar refractivity (Wildman–Crippen MR) is 98.1 cm³/mol. The first-order valence-electron chi connectivity index (χ1n) is 7.92. The number of ether oxygens (including phenoxy) is 3. The molecule has 5 heteroatoms. The minimum atomic E-state index is -0.212. The average molecular weight is 341 g/mol. The van der Waals surface area contributed by atoms with Crippen LogP contribution in [0.1, 0.15) is 24.1 Å². The van der Waals surface area contributed by atoms with Crippen molar-refractivity contribution >= 4 is 12.0 Å². The van der Waals surface area contributed by atoms with E-state index >= 15 is 0 Å². The lowest BCUT2D eigenvalue weighted by Gasteiger charge is -2.17. The Balaban J connectivity index is 2.08. The van der Waals surface area contributed by atoms with Gasteiger partial charge in [-0.25, -0.2) is 0 Å². The van der Waals surface area contributed by atoms with Crippen molar-refractivity contribution < 1.29 is 19.0 Å². The standard InChI is InChI=1S/C20H23NO4/c1-14(17-11-10-16(23-2)13-19(17)25-4)21-20(22)12-9-15-7-5-6-8-18(15)24-3/h5-14H,1-4H3,(H,21,22)/b12-9+. The number of hydrogen-bond acceptors (Lipinski definition) is 4. The van der Waals surface area contributed by atoms with Crippen molar-refractivity contribution in [2.45, 2.75) is 13.0 Å². The Labute approximate surface area is 148 Å². The number of carbonyl (C=O) groups is 1. The number of methoxy groups -OCH3 is 3. The second kappa shape index (κ2) is 8.78. The summed E-state index contributed by atoms with van der Waals surface area (Å²) in [6.07, 6.45) is 3.22. The SMILES string of the molecule is COc1ccc(C(C)NC(=O)/C=C/c2ccccc2OC)c(OC)c1. The van der Waals surface area contributed by atoms with Crippen LogP contribution in [0.2, 0.25) is 0 Å². The van der Waals surface area contributed by atoms with E-state index in [-0.39, 0.29) is 11.9 Å². The lowest BCUT2D eigenvalue weighted by molar-refractivity contribution is -0.117. The molecule has 0 saturated carbocycles. The van der Waals surface area contributed by atoms with Gasteiger partial charge in [-0.15, -0.1) is 0 Å². The maximum Gasteiger partial charge on any atom is 0.244 e. The molecule has 1 atom stereocenters. The maximum atomic E-state index is 12.2. The highest BCUT2D eigenvalue weighted by Crippen LogP contribution is 2.29. The summed E-state index contributed by atoms with van der Waals surface area (Å²) in [5.74, 6) is 1.89. The summed E-state index contributed by atoms with van der Waals surface area (Å²) in [6.45, 7) is 1.90. The monoisotopic (exact) mass is 341 g/mol. The fraction of sp³-hybridized carbons (Fsp3) is 0.250. The van der Waals surface area contributed by atoms with Gasteiger partial charge in [-0.1, -0.05) is 18.2 Å². The molecule has 0 aliphatic rings. The summed E-state index contributed by atoms with van der Waals surface area (Å²) in [7, 11) is 4.79. The molecule has 0 aliphatic heterocycles. The normalized spacial score (nSPS) is 11.8. The molecule has 0 bridgehead atoms. The maximum absolute atomic E-state index is 12.2. The van der Waals surface area contributed by atoms with Crippen LogP contribution in [0.3, 0.4) is 0 Å². The van der Waals surface area contributed by atoms with Gasteiger partial charge in [-0.3, -0.25) is 4.79 Å². The Morgan fingerprint density at radius 2 is 1.72 bits per heavy atom. The minimum absolute atomic E-state index is 0.198. The second-order valence-electron chi connectivity index (χ2n) is 5.41. The van der Waals surface area contributed by atoms with Crippen molar-refractivity contribution in [3.05, 3.63) is 59.7 Å². The Kier molecular flexibility index (Phi) is 6.46. The molecule has 1 N–H and O–H groups in total. The van der Waals surface area contributed by atoms with Crippen molar-refractivity contribution in [1.29, 1.82) is 0 Å². The van der Waals surface area contributed by atoms with Gasteiger partial charge in [0.15, 0.2) is 0 Å². The molecule has 2 rings (SSSR count). The molecule has 0 saturated heterocycles. The number of hydrogen-bond donors (Lipinski definition) is 1. The van der Waals surface area contributed by atoms with E-state index < -0.39 is 0 Å². The third-order valence-electron chi connectivity index (χ3n) is 3.82. The second-order valence-corrected chi connectivity index (χ2v) is 5.41. The first-order chi connectivity index (χ1) is 12.1. The number of nitrogens with one attached hydrogen (secondary N) is 1. The average Bonchev–Trinajstić information content (AvgIpc) is 2.65. The fourth-order valence-corrected chi connectivity index (χ4v) is 2.49. The van der Waals surface area contributed by atoms with Crippen LogP contribution in [0.4, 0.5) is 0 Å². The molecule has 1 unspecified atom stereocenters. The highest BCUT2D eigenvalue weighted by atomic mass is 16.5. The van der Waals surface area contributed by atoms with E-state index in [4.69, 9.17) is 14.2 Å². The van der Waals surface area contributed by atoms with Crippen LogP contribution in [0, 0.1) is 0 Å². The molecule has 0 spiro atoms. The van der Waals surface area contributed by atoms with Gasteiger partial charge in [-0.05, 0) is 31.2 Å². The number of para-hydroxylation sites is 1. The third-order valence-corrected chi connectivity index (χ3v) is 3.82.